The van der Waals surface area contributed by atoms with Crippen LogP contribution in [0.2, 0.25) is 0 Å². The molecule has 1 N–H and O–H groups in total. The minimum absolute atomic E-state index is 0.0612. The van der Waals surface area contributed by atoms with Crippen molar-refractivity contribution in [3.05, 3.63) is 0 Å². The van der Waals surface area contributed by atoms with Crippen LogP contribution in [0.5, 0.6) is 0 Å². The quantitative estimate of drug-likeness (QED) is 0.821. The second kappa shape index (κ2) is 6.24. The van der Waals surface area contributed by atoms with E-state index in [1.165, 1.54) is 19.3 Å². The van der Waals surface area contributed by atoms with E-state index in [0.717, 1.165) is 38.8 Å². The zero-order chi connectivity index (χ0) is 12.1. The first kappa shape index (κ1) is 12.7. The van der Waals surface area contributed by atoms with Gasteiger partial charge in [0.15, 0.2) is 0 Å². The summed E-state index contributed by atoms with van der Waals surface area (Å²) >= 11 is 0. The van der Waals surface area contributed by atoms with Gasteiger partial charge in [-0.25, -0.2) is 4.79 Å². The number of amides is 2. The number of nitrogens with zero attached hydrogens (tertiary/aromatic N) is 1. The molecule has 1 unspecified atom stereocenters. The Bertz CT molecular complexity index is 246. The molecular formula is C13H24N2O2. The number of carbonyl (C=O) groups is 1. The van der Waals surface area contributed by atoms with Gasteiger partial charge in [-0.3, -0.25) is 0 Å². The summed E-state index contributed by atoms with van der Waals surface area (Å²) in [5, 5.41) is 3.10. The Labute approximate surface area is 104 Å². The molecule has 2 aliphatic rings. The van der Waals surface area contributed by atoms with Crippen LogP contribution in [-0.2, 0) is 4.74 Å². The number of hydrogen-bond acceptors (Lipinski definition) is 2. The highest BCUT2D eigenvalue weighted by Crippen LogP contribution is 2.18. The molecule has 0 aromatic rings. The van der Waals surface area contributed by atoms with Crippen molar-refractivity contribution in [2.75, 3.05) is 20.2 Å². The first-order valence-corrected chi connectivity index (χ1v) is 6.89. The number of carbonyl (C=O) groups excluding carboxylic acids is 1. The summed E-state index contributed by atoms with van der Waals surface area (Å²) in [6.45, 7) is 1.57. The van der Waals surface area contributed by atoms with Crippen LogP contribution >= 0.6 is 0 Å². The zero-order valence-corrected chi connectivity index (χ0v) is 10.8. The fourth-order valence-electron chi connectivity index (χ4n) is 2.69. The van der Waals surface area contributed by atoms with Gasteiger partial charge in [0.1, 0.15) is 0 Å². The molecule has 98 valence electrons. The van der Waals surface area contributed by atoms with Gasteiger partial charge in [-0.1, -0.05) is 12.8 Å². The lowest BCUT2D eigenvalue weighted by Crippen LogP contribution is -2.45. The van der Waals surface area contributed by atoms with Crippen LogP contribution in [0.1, 0.15) is 44.9 Å². The molecule has 4 nitrogen and oxygen atoms in total. The third-order valence-electron chi connectivity index (χ3n) is 3.78. The summed E-state index contributed by atoms with van der Waals surface area (Å²) in [6, 6.07) is 0.461. The largest absolute Gasteiger partial charge is 0.376 e. The zero-order valence-electron chi connectivity index (χ0n) is 10.8. The minimum Gasteiger partial charge on any atom is -0.376 e. The van der Waals surface area contributed by atoms with Crippen LogP contribution in [0.15, 0.2) is 0 Å². The monoisotopic (exact) mass is 240 g/mol. The molecule has 1 saturated carbocycles. The van der Waals surface area contributed by atoms with Crippen LogP contribution in [0, 0.1) is 0 Å². The van der Waals surface area contributed by atoms with E-state index in [1.807, 2.05) is 7.05 Å². The average Bonchev–Trinajstić information content (AvgIpc) is 2.83. The molecule has 0 radical (unpaired) electrons. The Morgan fingerprint density at radius 3 is 2.59 bits per heavy atom. The molecule has 1 aliphatic heterocycles. The maximum absolute atomic E-state index is 11.9. The molecule has 0 spiro atoms. The smallest absolute Gasteiger partial charge is 0.317 e. The highest BCUT2D eigenvalue weighted by atomic mass is 16.5. The van der Waals surface area contributed by atoms with Crippen LogP contribution in [0.3, 0.4) is 0 Å². The van der Waals surface area contributed by atoms with Gasteiger partial charge < -0.3 is 15.0 Å². The van der Waals surface area contributed by atoms with Gasteiger partial charge in [0.05, 0.1) is 6.10 Å². The Kier molecular flexibility index (Phi) is 4.66. The molecular weight excluding hydrogens is 216 g/mol. The Morgan fingerprint density at radius 2 is 1.94 bits per heavy atom. The van der Waals surface area contributed by atoms with Gasteiger partial charge in [-0.05, 0) is 32.1 Å². The molecule has 0 bridgehead atoms. The topological polar surface area (TPSA) is 41.6 Å². The minimum atomic E-state index is 0.0612. The van der Waals surface area contributed by atoms with E-state index >= 15 is 0 Å². The van der Waals surface area contributed by atoms with Crippen molar-refractivity contribution >= 4 is 6.03 Å². The third kappa shape index (κ3) is 3.87. The summed E-state index contributed by atoms with van der Waals surface area (Å²) in [5.41, 5.74) is 0. The lowest BCUT2D eigenvalue weighted by Gasteiger charge is -2.28. The van der Waals surface area contributed by atoms with Crippen LogP contribution in [0.25, 0.3) is 0 Å². The first-order valence-electron chi connectivity index (χ1n) is 6.89. The number of nitrogens with one attached hydrogen (secondary N) is 1. The summed E-state index contributed by atoms with van der Waals surface area (Å²) in [5.74, 6) is 0. The standard InChI is InChI=1S/C13H24N2O2/c1-15(10-12-8-4-5-9-17-12)13(16)14-11-6-2-3-7-11/h11-12H,2-10H2,1H3,(H,14,16). The normalized spacial score (nSPS) is 25.8. The molecule has 2 amide bonds. The molecule has 0 aromatic heterocycles. The van der Waals surface area contributed by atoms with Crippen molar-refractivity contribution < 1.29 is 9.53 Å². The summed E-state index contributed by atoms with van der Waals surface area (Å²) < 4.78 is 5.65. The van der Waals surface area contributed by atoms with Crippen molar-refractivity contribution in [3.8, 4) is 0 Å². The Balaban J connectivity index is 1.70. The predicted molar refractivity (Wildman–Crippen MR) is 67.0 cm³/mol. The predicted octanol–water partition coefficient (Wildman–Crippen LogP) is 2.14. The van der Waals surface area contributed by atoms with Crippen molar-refractivity contribution in [2.24, 2.45) is 0 Å². The Morgan fingerprint density at radius 1 is 1.24 bits per heavy atom. The first-order chi connectivity index (χ1) is 8.25. The second-order valence-corrected chi connectivity index (χ2v) is 5.30. The summed E-state index contributed by atoms with van der Waals surface area (Å²) in [6.07, 6.45) is 8.49. The molecule has 2 rings (SSSR count). The lowest BCUT2D eigenvalue weighted by molar-refractivity contribution is 0.00372. The highest BCUT2D eigenvalue weighted by Gasteiger charge is 2.22. The number of ether oxygens (including phenoxy) is 1. The van der Waals surface area contributed by atoms with E-state index in [0.29, 0.717) is 6.04 Å². The molecule has 2 fully saturated rings. The number of rotatable bonds is 3. The molecule has 0 aromatic carbocycles. The Hall–Kier alpha value is -0.770. The van der Waals surface area contributed by atoms with Crippen molar-refractivity contribution in [1.82, 2.24) is 10.2 Å². The third-order valence-corrected chi connectivity index (χ3v) is 3.78. The van der Waals surface area contributed by atoms with Gasteiger partial charge in [0.2, 0.25) is 0 Å². The number of likely N-dealkylation sites (N-methyl/N-ethyl adjacent to an activating group) is 1. The summed E-state index contributed by atoms with van der Waals surface area (Å²) in [4.78, 5) is 13.7. The van der Waals surface area contributed by atoms with Crippen molar-refractivity contribution in [2.45, 2.75) is 57.1 Å². The molecule has 4 heteroatoms. The van der Waals surface area contributed by atoms with Gasteiger partial charge >= 0.3 is 6.03 Å². The maximum atomic E-state index is 11.9. The van der Waals surface area contributed by atoms with Crippen molar-refractivity contribution in [3.63, 3.8) is 0 Å². The van der Waals surface area contributed by atoms with Gasteiger partial charge in [0.25, 0.3) is 0 Å². The maximum Gasteiger partial charge on any atom is 0.317 e. The fraction of sp³-hybridized carbons (Fsp3) is 0.923. The molecule has 1 heterocycles. The van der Waals surface area contributed by atoms with E-state index in [2.05, 4.69) is 5.32 Å². The van der Waals surface area contributed by atoms with Crippen LogP contribution in [-0.4, -0.2) is 43.3 Å². The van der Waals surface area contributed by atoms with Gasteiger partial charge in [0, 0.05) is 26.2 Å². The molecule has 1 atom stereocenters. The molecule has 1 aliphatic carbocycles. The molecule has 1 saturated heterocycles. The van der Waals surface area contributed by atoms with E-state index in [9.17, 15) is 4.79 Å². The van der Waals surface area contributed by atoms with Gasteiger partial charge in [-0.2, -0.15) is 0 Å². The molecule has 17 heavy (non-hydrogen) atoms. The van der Waals surface area contributed by atoms with E-state index < -0.39 is 0 Å². The van der Waals surface area contributed by atoms with Crippen molar-refractivity contribution in [1.29, 1.82) is 0 Å². The van der Waals surface area contributed by atoms with Crippen LogP contribution < -0.4 is 5.32 Å². The number of hydrogen-bond donors (Lipinski definition) is 1. The number of urea groups is 1. The van der Waals surface area contributed by atoms with E-state index in [1.54, 1.807) is 4.90 Å². The SMILES string of the molecule is CN(CC1CCCCO1)C(=O)NC1CCCC1. The van der Waals surface area contributed by atoms with E-state index in [4.69, 9.17) is 4.74 Å². The highest BCUT2D eigenvalue weighted by molar-refractivity contribution is 5.74. The van der Waals surface area contributed by atoms with E-state index in [-0.39, 0.29) is 12.1 Å². The second-order valence-electron chi connectivity index (χ2n) is 5.30. The lowest BCUT2D eigenvalue weighted by atomic mass is 10.1. The van der Waals surface area contributed by atoms with Gasteiger partial charge in [-0.15, -0.1) is 0 Å². The van der Waals surface area contributed by atoms with Crippen LogP contribution in [0.4, 0.5) is 4.79 Å². The summed E-state index contributed by atoms with van der Waals surface area (Å²) in [7, 11) is 1.86. The fourth-order valence-corrected chi connectivity index (χ4v) is 2.69. The average molecular weight is 240 g/mol.